The van der Waals surface area contributed by atoms with Crippen LogP contribution in [0.3, 0.4) is 0 Å². The van der Waals surface area contributed by atoms with E-state index in [4.69, 9.17) is 9.47 Å². The van der Waals surface area contributed by atoms with Gasteiger partial charge in [-0.1, -0.05) is 6.07 Å². The Labute approximate surface area is 150 Å². The molecule has 2 fully saturated rings. The lowest BCUT2D eigenvalue weighted by Crippen LogP contribution is -2.64. The van der Waals surface area contributed by atoms with E-state index in [-0.39, 0.29) is 18.1 Å². The van der Waals surface area contributed by atoms with Crippen LogP contribution in [0, 0.1) is 12.8 Å². The van der Waals surface area contributed by atoms with E-state index in [1.807, 2.05) is 13.0 Å². The zero-order valence-electron chi connectivity index (χ0n) is 15.5. The Morgan fingerprint density at radius 1 is 1.44 bits per heavy atom. The van der Waals surface area contributed by atoms with E-state index in [1.165, 1.54) is 0 Å². The molecule has 0 bridgehead atoms. The number of rotatable bonds is 7. The zero-order chi connectivity index (χ0) is 17.9. The van der Waals surface area contributed by atoms with E-state index in [9.17, 15) is 4.79 Å². The lowest BCUT2D eigenvalue weighted by atomic mass is 9.79. The smallest absolute Gasteiger partial charge is 0.248 e. The molecular weight excluding hydrogens is 318 g/mol. The summed E-state index contributed by atoms with van der Waals surface area (Å²) < 4.78 is 11.7. The van der Waals surface area contributed by atoms with Crippen LogP contribution in [0.15, 0.2) is 18.2 Å². The van der Waals surface area contributed by atoms with Gasteiger partial charge in [0.25, 0.3) is 0 Å². The van der Waals surface area contributed by atoms with Crippen LogP contribution in [-0.2, 0) is 20.8 Å². The molecule has 1 atom stereocenters. The van der Waals surface area contributed by atoms with Crippen molar-refractivity contribution < 1.29 is 14.3 Å². The Kier molecular flexibility index (Phi) is 5.71. The molecule has 1 aromatic rings. The van der Waals surface area contributed by atoms with Crippen LogP contribution in [0.5, 0.6) is 0 Å². The molecular formula is C19H29N3O3. The van der Waals surface area contributed by atoms with Crippen molar-refractivity contribution in [1.82, 2.24) is 14.8 Å². The van der Waals surface area contributed by atoms with Crippen LogP contribution < -0.4 is 0 Å². The van der Waals surface area contributed by atoms with Crippen molar-refractivity contribution >= 4 is 5.91 Å². The van der Waals surface area contributed by atoms with Gasteiger partial charge in [0, 0.05) is 52.6 Å². The molecule has 0 aromatic carbocycles. The van der Waals surface area contributed by atoms with Crippen molar-refractivity contribution in [3.8, 4) is 0 Å². The molecule has 1 spiro atoms. The van der Waals surface area contributed by atoms with E-state index in [1.54, 1.807) is 19.0 Å². The number of pyridine rings is 1. The highest BCUT2D eigenvalue weighted by molar-refractivity contribution is 5.76. The van der Waals surface area contributed by atoms with Crippen LogP contribution in [0.4, 0.5) is 0 Å². The molecule has 1 amide bonds. The lowest BCUT2D eigenvalue weighted by molar-refractivity contribution is -0.141. The first-order chi connectivity index (χ1) is 12.0. The van der Waals surface area contributed by atoms with Gasteiger partial charge in [-0.15, -0.1) is 0 Å². The normalized spacial score (nSPS) is 22.1. The molecule has 138 valence electrons. The topological polar surface area (TPSA) is 54.9 Å². The van der Waals surface area contributed by atoms with Gasteiger partial charge in [-0.3, -0.25) is 14.7 Å². The molecule has 0 saturated carbocycles. The van der Waals surface area contributed by atoms with E-state index in [0.717, 1.165) is 50.5 Å². The number of carbonyl (C=O) groups excluding carboxylic acids is 1. The number of aryl methyl sites for hydroxylation is 1. The number of nitrogens with zero attached hydrogens (tertiary/aromatic N) is 3. The van der Waals surface area contributed by atoms with Crippen molar-refractivity contribution in [3.63, 3.8) is 0 Å². The molecule has 25 heavy (non-hydrogen) atoms. The molecule has 1 aromatic heterocycles. The number of aromatic nitrogens is 1. The van der Waals surface area contributed by atoms with Crippen molar-refractivity contribution in [1.29, 1.82) is 0 Å². The Morgan fingerprint density at radius 3 is 2.96 bits per heavy atom. The molecule has 2 aliphatic heterocycles. The summed E-state index contributed by atoms with van der Waals surface area (Å²) in [5, 5.41) is 0. The number of likely N-dealkylation sites (N-methyl/N-ethyl adjacent to an activating group) is 1. The van der Waals surface area contributed by atoms with Crippen molar-refractivity contribution in [2.45, 2.75) is 31.9 Å². The van der Waals surface area contributed by atoms with E-state index >= 15 is 0 Å². The molecule has 2 saturated heterocycles. The summed E-state index contributed by atoms with van der Waals surface area (Å²) in [5.41, 5.74) is 2.17. The number of carbonyl (C=O) groups is 1. The van der Waals surface area contributed by atoms with E-state index in [2.05, 4.69) is 22.0 Å². The molecule has 3 heterocycles. The quantitative estimate of drug-likeness (QED) is 0.699. The fourth-order valence-corrected chi connectivity index (χ4v) is 3.80. The molecule has 0 unspecified atom stereocenters. The highest BCUT2D eigenvalue weighted by Gasteiger charge is 2.52. The molecule has 0 radical (unpaired) electrons. The van der Waals surface area contributed by atoms with Crippen molar-refractivity contribution in [3.05, 3.63) is 29.6 Å². The highest BCUT2D eigenvalue weighted by atomic mass is 16.5. The third-order valence-corrected chi connectivity index (χ3v) is 5.25. The number of amides is 1. The fraction of sp³-hybridized carbons (Fsp3) is 0.684. The van der Waals surface area contributed by atoms with E-state index < -0.39 is 0 Å². The first kappa shape index (κ1) is 18.3. The van der Waals surface area contributed by atoms with Crippen LogP contribution in [0.25, 0.3) is 0 Å². The summed E-state index contributed by atoms with van der Waals surface area (Å²) in [4.78, 5) is 20.1. The number of likely N-dealkylation sites (tertiary alicyclic amines) is 1. The second-order valence-corrected chi connectivity index (χ2v) is 7.44. The molecule has 6 heteroatoms. The average Bonchev–Trinajstić information content (AvgIpc) is 2.94. The Bertz CT molecular complexity index is 599. The van der Waals surface area contributed by atoms with Gasteiger partial charge >= 0.3 is 0 Å². The maximum absolute atomic E-state index is 11.5. The average molecular weight is 347 g/mol. The van der Waals surface area contributed by atoms with Gasteiger partial charge in [0.2, 0.25) is 5.91 Å². The predicted octanol–water partition coefficient (Wildman–Crippen LogP) is 1.48. The summed E-state index contributed by atoms with van der Waals surface area (Å²) in [6.45, 7) is 6.45. The SMILES string of the molecule is Cc1cccc(CN2CC3(C2)OCC[C@H]3CCOCC(=O)N(C)C)n1. The van der Waals surface area contributed by atoms with Gasteiger partial charge in [0.05, 0.1) is 11.3 Å². The third-order valence-electron chi connectivity index (χ3n) is 5.25. The first-order valence-electron chi connectivity index (χ1n) is 9.05. The number of ether oxygens (including phenoxy) is 2. The van der Waals surface area contributed by atoms with Crippen LogP contribution in [0.1, 0.15) is 24.2 Å². The second kappa shape index (κ2) is 7.81. The predicted molar refractivity (Wildman–Crippen MR) is 95.2 cm³/mol. The van der Waals surface area contributed by atoms with Gasteiger partial charge in [-0.05, 0) is 37.8 Å². The standard InChI is InChI=1S/C19H29N3O3/c1-15-5-4-6-17(20-15)11-22-13-19(14-22)16(8-10-25-19)7-9-24-12-18(23)21(2)3/h4-6,16H,7-14H2,1-3H3/t16-/m1/s1. The lowest BCUT2D eigenvalue weighted by Gasteiger charge is -2.50. The van der Waals surface area contributed by atoms with Gasteiger partial charge in [-0.25, -0.2) is 0 Å². The summed E-state index contributed by atoms with van der Waals surface area (Å²) >= 11 is 0. The Hall–Kier alpha value is -1.50. The van der Waals surface area contributed by atoms with Gasteiger partial charge in [0.1, 0.15) is 6.61 Å². The maximum Gasteiger partial charge on any atom is 0.248 e. The fourth-order valence-electron chi connectivity index (χ4n) is 3.80. The second-order valence-electron chi connectivity index (χ2n) is 7.44. The zero-order valence-corrected chi connectivity index (χ0v) is 15.5. The van der Waals surface area contributed by atoms with Crippen LogP contribution in [0.2, 0.25) is 0 Å². The van der Waals surface area contributed by atoms with Crippen molar-refractivity contribution in [2.75, 3.05) is 47.0 Å². The summed E-state index contributed by atoms with van der Waals surface area (Å²) in [5.74, 6) is 0.529. The number of hydrogen-bond donors (Lipinski definition) is 0. The molecule has 2 aliphatic rings. The van der Waals surface area contributed by atoms with E-state index in [0.29, 0.717) is 12.5 Å². The van der Waals surface area contributed by atoms with Crippen LogP contribution in [-0.4, -0.2) is 73.3 Å². The Morgan fingerprint density at radius 2 is 2.24 bits per heavy atom. The first-order valence-corrected chi connectivity index (χ1v) is 9.05. The molecule has 0 N–H and O–H groups in total. The summed E-state index contributed by atoms with van der Waals surface area (Å²) in [7, 11) is 3.50. The van der Waals surface area contributed by atoms with Crippen molar-refractivity contribution in [2.24, 2.45) is 5.92 Å². The molecule has 3 rings (SSSR count). The minimum atomic E-state index is -0.0151. The summed E-state index contributed by atoms with van der Waals surface area (Å²) in [6, 6.07) is 6.17. The molecule has 6 nitrogen and oxygen atoms in total. The minimum Gasteiger partial charge on any atom is -0.372 e. The maximum atomic E-state index is 11.5. The third kappa shape index (κ3) is 4.37. The van der Waals surface area contributed by atoms with Gasteiger partial charge in [0.15, 0.2) is 0 Å². The van der Waals surface area contributed by atoms with Crippen LogP contribution >= 0.6 is 0 Å². The minimum absolute atomic E-state index is 0.0119. The Balaban J connectivity index is 1.42. The summed E-state index contributed by atoms with van der Waals surface area (Å²) in [6.07, 6.45) is 2.04. The van der Waals surface area contributed by atoms with Gasteiger partial charge in [-0.2, -0.15) is 0 Å². The largest absolute Gasteiger partial charge is 0.372 e. The number of hydrogen-bond acceptors (Lipinski definition) is 5. The highest BCUT2D eigenvalue weighted by Crippen LogP contribution is 2.42. The molecule has 0 aliphatic carbocycles. The van der Waals surface area contributed by atoms with Gasteiger partial charge < -0.3 is 14.4 Å². The monoisotopic (exact) mass is 347 g/mol.